The van der Waals surface area contributed by atoms with Crippen LogP contribution >= 0.6 is 0 Å². The number of aliphatic imine (C=N–C) groups is 2. The standard InChI is InChI=1S/C12H17N7/c1-12(6-13)3-2-4-19(7-12)10-8-5-15-18-9(8)16-11(14)17-10/h5,9,15,18H,2-4,7H2,1H3,(H2,14,16)/t9?,12-/m1/s1. The number of hydrogen-bond acceptors (Lipinski definition) is 7. The largest absolute Gasteiger partial charge is 0.368 e. The van der Waals surface area contributed by atoms with Crippen molar-refractivity contribution in [3.63, 3.8) is 0 Å². The molecular formula is C12H17N7. The zero-order chi connectivity index (χ0) is 13.5. The molecule has 3 heterocycles. The van der Waals surface area contributed by atoms with Gasteiger partial charge < -0.3 is 16.1 Å². The Morgan fingerprint density at radius 1 is 1.63 bits per heavy atom. The summed E-state index contributed by atoms with van der Waals surface area (Å²) in [5, 5.41) is 9.30. The Labute approximate surface area is 111 Å². The molecule has 0 amide bonds. The zero-order valence-electron chi connectivity index (χ0n) is 10.8. The maximum absolute atomic E-state index is 9.30. The lowest BCUT2D eigenvalue weighted by atomic mass is 9.83. The molecule has 1 fully saturated rings. The van der Waals surface area contributed by atoms with Gasteiger partial charge >= 0.3 is 0 Å². The van der Waals surface area contributed by atoms with Crippen LogP contribution in [0.25, 0.3) is 0 Å². The van der Waals surface area contributed by atoms with E-state index in [1.807, 2.05) is 13.1 Å². The highest BCUT2D eigenvalue weighted by Crippen LogP contribution is 2.30. The number of hydrogen-bond donors (Lipinski definition) is 3. The molecule has 3 rings (SSSR count). The van der Waals surface area contributed by atoms with Crippen LogP contribution in [0.2, 0.25) is 0 Å². The van der Waals surface area contributed by atoms with Crippen LogP contribution in [-0.2, 0) is 0 Å². The second-order valence-electron chi connectivity index (χ2n) is 5.41. The minimum Gasteiger partial charge on any atom is -0.368 e. The topological polar surface area (TPSA) is 102 Å². The van der Waals surface area contributed by atoms with Gasteiger partial charge in [0.2, 0.25) is 5.96 Å². The molecule has 3 aliphatic heterocycles. The average molecular weight is 259 g/mol. The molecule has 0 aliphatic carbocycles. The summed E-state index contributed by atoms with van der Waals surface area (Å²) in [4.78, 5) is 10.7. The Hall–Kier alpha value is -2.07. The van der Waals surface area contributed by atoms with Crippen molar-refractivity contribution in [2.45, 2.75) is 25.9 Å². The molecule has 2 atom stereocenters. The van der Waals surface area contributed by atoms with Gasteiger partial charge in [0.25, 0.3) is 0 Å². The first-order valence-electron chi connectivity index (χ1n) is 6.41. The molecule has 1 unspecified atom stereocenters. The maximum atomic E-state index is 9.30. The van der Waals surface area contributed by atoms with Crippen molar-refractivity contribution in [2.24, 2.45) is 21.1 Å². The minimum atomic E-state index is -0.320. The minimum absolute atomic E-state index is 0.178. The van der Waals surface area contributed by atoms with E-state index in [4.69, 9.17) is 5.73 Å². The van der Waals surface area contributed by atoms with Crippen LogP contribution in [0, 0.1) is 16.7 Å². The van der Waals surface area contributed by atoms with Crippen molar-refractivity contribution in [3.8, 4) is 6.07 Å². The Morgan fingerprint density at radius 2 is 2.47 bits per heavy atom. The fourth-order valence-electron chi connectivity index (χ4n) is 2.74. The van der Waals surface area contributed by atoms with Gasteiger partial charge in [-0.05, 0) is 19.8 Å². The third-order valence-electron chi connectivity index (χ3n) is 3.75. The summed E-state index contributed by atoms with van der Waals surface area (Å²) >= 11 is 0. The number of hydrazine groups is 1. The van der Waals surface area contributed by atoms with E-state index in [0.717, 1.165) is 30.8 Å². The number of nitriles is 1. The Balaban J connectivity index is 1.89. The second kappa shape index (κ2) is 4.24. The van der Waals surface area contributed by atoms with Crippen molar-refractivity contribution < 1.29 is 0 Å². The number of rotatable bonds is 0. The SMILES string of the molecule is C[C@]1(C#N)CCCN(C2=NC(N)=NC3NNC=C23)C1. The molecule has 0 radical (unpaired) electrons. The average Bonchev–Trinajstić information content (AvgIpc) is 2.86. The van der Waals surface area contributed by atoms with E-state index in [0.29, 0.717) is 6.54 Å². The van der Waals surface area contributed by atoms with E-state index < -0.39 is 0 Å². The highest BCUT2D eigenvalue weighted by atomic mass is 15.4. The Morgan fingerprint density at radius 3 is 3.26 bits per heavy atom. The van der Waals surface area contributed by atoms with E-state index in [9.17, 15) is 5.26 Å². The van der Waals surface area contributed by atoms with E-state index in [1.165, 1.54) is 0 Å². The first-order valence-corrected chi connectivity index (χ1v) is 6.41. The fourth-order valence-corrected chi connectivity index (χ4v) is 2.74. The lowest BCUT2D eigenvalue weighted by molar-refractivity contribution is 0.214. The molecule has 100 valence electrons. The summed E-state index contributed by atoms with van der Waals surface area (Å²) in [6, 6.07) is 2.41. The molecule has 0 spiro atoms. The van der Waals surface area contributed by atoms with Crippen LogP contribution in [0.5, 0.6) is 0 Å². The van der Waals surface area contributed by atoms with Gasteiger partial charge in [-0.2, -0.15) is 10.3 Å². The summed E-state index contributed by atoms with van der Waals surface area (Å²) in [7, 11) is 0. The van der Waals surface area contributed by atoms with Crippen LogP contribution in [0.4, 0.5) is 0 Å². The van der Waals surface area contributed by atoms with Crippen LogP contribution < -0.4 is 16.6 Å². The molecule has 19 heavy (non-hydrogen) atoms. The Bertz CT molecular complexity index is 527. The van der Waals surface area contributed by atoms with Crippen LogP contribution in [0.3, 0.4) is 0 Å². The summed E-state index contributed by atoms with van der Waals surface area (Å²) in [6.45, 7) is 3.57. The first kappa shape index (κ1) is 12.0. The van der Waals surface area contributed by atoms with Gasteiger partial charge in [0.15, 0.2) is 6.17 Å². The predicted molar refractivity (Wildman–Crippen MR) is 71.7 cm³/mol. The lowest BCUT2D eigenvalue weighted by Gasteiger charge is -2.39. The number of amidine groups is 1. The highest BCUT2D eigenvalue weighted by molar-refractivity contribution is 6.08. The zero-order valence-corrected chi connectivity index (χ0v) is 10.8. The second-order valence-corrected chi connectivity index (χ2v) is 5.41. The smallest absolute Gasteiger partial charge is 0.219 e. The molecule has 4 N–H and O–H groups in total. The quantitative estimate of drug-likeness (QED) is 0.552. The number of nitrogens with one attached hydrogen (secondary N) is 2. The van der Waals surface area contributed by atoms with Crippen molar-refractivity contribution in [1.82, 2.24) is 15.8 Å². The third-order valence-corrected chi connectivity index (χ3v) is 3.75. The number of nitrogens with two attached hydrogens (primary N) is 1. The van der Waals surface area contributed by atoms with Crippen LogP contribution in [0.1, 0.15) is 19.8 Å². The monoisotopic (exact) mass is 259 g/mol. The number of fused-ring (bicyclic) bond motifs is 1. The lowest BCUT2D eigenvalue weighted by Crippen LogP contribution is -2.48. The molecule has 0 bridgehead atoms. The van der Waals surface area contributed by atoms with Crippen molar-refractivity contribution in [2.75, 3.05) is 13.1 Å². The van der Waals surface area contributed by atoms with Gasteiger partial charge in [-0.25, -0.2) is 10.4 Å². The molecule has 7 nitrogen and oxygen atoms in total. The molecule has 3 aliphatic rings. The van der Waals surface area contributed by atoms with E-state index in [1.54, 1.807) is 0 Å². The maximum Gasteiger partial charge on any atom is 0.219 e. The van der Waals surface area contributed by atoms with Crippen molar-refractivity contribution in [1.29, 1.82) is 5.26 Å². The number of nitrogens with zero attached hydrogens (tertiary/aromatic N) is 4. The van der Waals surface area contributed by atoms with E-state index in [-0.39, 0.29) is 17.5 Å². The van der Waals surface area contributed by atoms with Gasteiger partial charge in [0.05, 0.1) is 17.1 Å². The predicted octanol–water partition coefficient (Wildman–Crippen LogP) is -0.343. The summed E-state index contributed by atoms with van der Waals surface area (Å²) in [6.07, 6.45) is 3.59. The summed E-state index contributed by atoms with van der Waals surface area (Å²) in [5.74, 6) is 1.11. The number of guanidine groups is 1. The van der Waals surface area contributed by atoms with Gasteiger partial charge in [-0.1, -0.05) is 0 Å². The Kier molecular flexibility index (Phi) is 2.68. The van der Waals surface area contributed by atoms with Crippen LogP contribution in [0.15, 0.2) is 21.8 Å². The molecule has 7 heteroatoms. The van der Waals surface area contributed by atoms with Gasteiger partial charge in [-0.3, -0.25) is 0 Å². The molecule has 1 saturated heterocycles. The van der Waals surface area contributed by atoms with E-state index in [2.05, 4.69) is 31.8 Å². The highest BCUT2D eigenvalue weighted by Gasteiger charge is 2.36. The van der Waals surface area contributed by atoms with Crippen molar-refractivity contribution >= 4 is 11.8 Å². The van der Waals surface area contributed by atoms with Gasteiger partial charge in [0.1, 0.15) is 5.84 Å². The molecule has 0 aromatic heterocycles. The van der Waals surface area contributed by atoms with Crippen molar-refractivity contribution in [3.05, 3.63) is 11.8 Å². The number of piperidine rings is 1. The first-order chi connectivity index (χ1) is 9.11. The molecule has 0 saturated carbocycles. The van der Waals surface area contributed by atoms with Gasteiger partial charge in [-0.15, -0.1) is 0 Å². The van der Waals surface area contributed by atoms with Gasteiger partial charge in [0, 0.05) is 19.3 Å². The molecule has 0 aromatic rings. The summed E-state index contributed by atoms with van der Waals surface area (Å²) < 4.78 is 0. The third kappa shape index (κ3) is 2.04. The fraction of sp³-hybridized carbons (Fsp3) is 0.583. The number of likely N-dealkylation sites (tertiary alicyclic amines) is 1. The molecule has 0 aromatic carbocycles. The normalized spacial score (nSPS) is 33.6. The summed E-state index contributed by atoms with van der Waals surface area (Å²) in [5.41, 5.74) is 12.4. The molecular weight excluding hydrogens is 242 g/mol. The van der Waals surface area contributed by atoms with E-state index >= 15 is 0 Å². The van der Waals surface area contributed by atoms with Crippen LogP contribution in [-0.4, -0.2) is 36.0 Å².